The first kappa shape index (κ1) is 13.9. The molecular formula is C12H15ClN4OS. The van der Waals surface area contributed by atoms with Gasteiger partial charge in [0.25, 0.3) is 0 Å². The second-order valence-corrected chi connectivity index (χ2v) is 5.47. The largest absolute Gasteiger partial charge is 0.480 e. The predicted molar refractivity (Wildman–Crippen MR) is 79.6 cm³/mol. The minimum absolute atomic E-state index is 0.468. The molecule has 0 saturated carbocycles. The number of methoxy groups -OCH3 is 1. The molecule has 2 aromatic rings. The standard InChI is InChI=1S/C12H15ClN4OS/c1-17(2)12-16-11(18-3)8(19-12)7-14-10-6-4-5-9(13)15-10/h4-6H,7H2,1-3H3,(H,14,15). The van der Waals surface area contributed by atoms with E-state index in [-0.39, 0.29) is 0 Å². The summed E-state index contributed by atoms with van der Waals surface area (Å²) in [6.45, 7) is 0.599. The van der Waals surface area contributed by atoms with E-state index in [0.717, 1.165) is 15.8 Å². The fourth-order valence-corrected chi connectivity index (χ4v) is 2.52. The molecule has 0 spiro atoms. The molecule has 102 valence electrons. The maximum atomic E-state index is 5.84. The van der Waals surface area contributed by atoms with E-state index in [2.05, 4.69) is 15.3 Å². The van der Waals surface area contributed by atoms with Crippen molar-refractivity contribution in [2.45, 2.75) is 6.54 Å². The van der Waals surface area contributed by atoms with Crippen LogP contribution in [-0.2, 0) is 6.54 Å². The van der Waals surface area contributed by atoms with E-state index >= 15 is 0 Å². The van der Waals surface area contributed by atoms with Crippen molar-refractivity contribution in [1.82, 2.24) is 9.97 Å². The summed E-state index contributed by atoms with van der Waals surface area (Å²) in [5.41, 5.74) is 0. The highest BCUT2D eigenvalue weighted by Gasteiger charge is 2.12. The number of halogens is 1. The Labute approximate surface area is 121 Å². The monoisotopic (exact) mass is 298 g/mol. The number of pyridine rings is 1. The maximum absolute atomic E-state index is 5.84. The summed E-state index contributed by atoms with van der Waals surface area (Å²) < 4.78 is 5.27. The van der Waals surface area contributed by atoms with E-state index < -0.39 is 0 Å². The van der Waals surface area contributed by atoms with Gasteiger partial charge in [0.05, 0.1) is 18.5 Å². The number of anilines is 2. The predicted octanol–water partition coefficient (Wildman–Crippen LogP) is 2.88. The normalized spacial score (nSPS) is 10.3. The van der Waals surface area contributed by atoms with Crippen molar-refractivity contribution in [3.8, 4) is 5.88 Å². The van der Waals surface area contributed by atoms with Gasteiger partial charge >= 0.3 is 0 Å². The average molecular weight is 299 g/mol. The van der Waals surface area contributed by atoms with E-state index in [1.54, 1.807) is 24.5 Å². The fraction of sp³-hybridized carbons (Fsp3) is 0.333. The molecule has 0 aromatic carbocycles. The van der Waals surface area contributed by atoms with Crippen LogP contribution in [0, 0.1) is 0 Å². The topological polar surface area (TPSA) is 50.3 Å². The number of aromatic nitrogens is 2. The molecule has 5 nitrogen and oxygen atoms in total. The summed E-state index contributed by atoms with van der Waals surface area (Å²) in [7, 11) is 5.53. The van der Waals surface area contributed by atoms with Crippen LogP contribution in [0.15, 0.2) is 18.2 Å². The van der Waals surface area contributed by atoms with Gasteiger partial charge in [0.15, 0.2) is 5.13 Å². The molecular weight excluding hydrogens is 284 g/mol. The molecule has 0 fully saturated rings. The molecule has 2 rings (SSSR count). The summed E-state index contributed by atoms with van der Waals surface area (Å²) in [5.74, 6) is 1.37. The Morgan fingerprint density at radius 1 is 1.37 bits per heavy atom. The smallest absolute Gasteiger partial charge is 0.231 e. The molecule has 0 bridgehead atoms. The molecule has 0 aliphatic heterocycles. The zero-order valence-corrected chi connectivity index (χ0v) is 12.5. The van der Waals surface area contributed by atoms with Gasteiger partial charge in [-0.15, -0.1) is 0 Å². The molecule has 0 aliphatic carbocycles. The molecule has 0 unspecified atom stereocenters. The van der Waals surface area contributed by atoms with Gasteiger partial charge in [0.1, 0.15) is 11.0 Å². The highest BCUT2D eigenvalue weighted by atomic mass is 35.5. The van der Waals surface area contributed by atoms with Gasteiger partial charge in [0, 0.05) is 14.1 Å². The molecule has 1 N–H and O–H groups in total. The number of nitrogens with one attached hydrogen (secondary N) is 1. The molecule has 2 aromatic heterocycles. The number of hydrogen-bond acceptors (Lipinski definition) is 6. The Hall–Kier alpha value is -1.53. The summed E-state index contributed by atoms with van der Waals surface area (Å²) in [6, 6.07) is 5.46. The van der Waals surface area contributed by atoms with Crippen LogP contribution in [0.5, 0.6) is 5.88 Å². The van der Waals surface area contributed by atoms with Crippen molar-refractivity contribution in [3.63, 3.8) is 0 Å². The van der Waals surface area contributed by atoms with Crippen molar-refractivity contribution in [3.05, 3.63) is 28.2 Å². The van der Waals surface area contributed by atoms with Crippen LogP contribution in [0.1, 0.15) is 4.88 Å². The van der Waals surface area contributed by atoms with Gasteiger partial charge in [-0.2, -0.15) is 4.98 Å². The zero-order valence-electron chi connectivity index (χ0n) is 11.0. The zero-order chi connectivity index (χ0) is 13.8. The van der Waals surface area contributed by atoms with Gasteiger partial charge < -0.3 is 15.0 Å². The van der Waals surface area contributed by atoms with Crippen LogP contribution in [0.3, 0.4) is 0 Å². The van der Waals surface area contributed by atoms with Crippen molar-refractivity contribution in [2.24, 2.45) is 0 Å². The van der Waals surface area contributed by atoms with Crippen LogP contribution < -0.4 is 15.0 Å². The highest BCUT2D eigenvalue weighted by Crippen LogP contribution is 2.30. The summed E-state index contributed by atoms with van der Waals surface area (Å²) >= 11 is 7.42. The Balaban J connectivity index is 2.10. The van der Waals surface area contributed by atoms with E-state index in [1.807, 2.05) is 31.1 Å². The van der Waals surface area contributed by atoms with Crippen molar-refractivity contribution in [2.75, 3.05) is 31.4 Å². The Morgan fingerprint density at radius 2 is 2.16 bits per heavy atom. The third kappa shape index (κ3) is 3.48. The van der Waals surface area contributed by atoms with E-state index in [0.29, 0.717) is 17.6 Å². The van der Waals surface area contributed by atoms with Crippen LogP contribution in [-0.4, -0.2) is 31.2 Å². The van der Waals surface area contributed by atoms with E-state index in [1.165, 1.54) is 0 Å². The van der Waals surface area contributed by atoms with Gasteiger partial charge in [0.2, 0.25) is 5.88 Å². The van der Waals surface area contributed by atoms with Gasteiger partial charge in [-0.25, -0.2) is 4.98 Å². The molecule has 0 saturated heterocycles. The van der Waals surface area contributed by atoms with Crippen LogP contribution in [0.25, 0.3) is 0 Å². The first-order valence-electron chi connectivity index (χ1n) is 5.67. The van der Waals surface area contributed by atoms with E-state index in [9.17, 15) is 0 Å². The third-order valence-electron chi connectivity index (χ3n) is 2.37. The van der Waals surface area contributed by atoms with Crippen LogP contribution in [0.4, 0.5) is 10.9 Å². The number of thiazole rings is 1. The van der Waals surface area contributed by atoms with Gasteiger partial charge in [-0.1, -0.05) is 29.0 Å². The molecule has 0 radical (unpaired) electrons. The molecule has 2 heterocycles. The average Bonchev–Trinajstić information content (AvgIpc) is 2.80. The summed E-state index contributed by atoms with van der Waals surface area (Å²) in [5, 5.41) is 4.58. The lowest BCUT2D eigenvalue weighted by atomic mass is 10.4. The Morgan fingerprint density at radius 3 is 2.79 bits per heavy atom. The number of rotatable bonds is 5. The van der Waals surface area contributed by atoms with Crippen LogP contribution >= 0.6 is 22.9 Å². The minimum atomic E-state index is 0.468. The minimum Gasteiger partial charge on any atom is -0.480 e. The van der Waals surface area contributed by atoms with Crippen molar-refractivity contribution in [1.29, 1.82) is 0 Å². The maximum Gasteiger partial charge on any atom is 0.231 e. The highest BCUT2D eigenvalue weighted by molar-refractivity contribution is 7.15. The van der Waals surface area contributed by atoms with Crippen LogP contribution in [0.2, 0.25) is 5.15 Å². The third-order valence-corrected chi connectivity index (χ3v) is 3.79. The molecule has 0 aliphatic rings. The molecule has 0 atom stereocenters. The molecule has 19 heavy (non-hydrogen) atoms. The lowest BCUT2D eigenvalue weighted by Crippen LogP contribution is -2.07. The van der Waals surface area contributed by atoms with Crippen molar-refractivity contribution >= 4 is 33.9 Å². The Bertz CT molecular complexity index is 558. The quantitative estimate of drug-likeness (QED) is 0.860. The van der Waals surface area contributed by atoms with Gasteiger partial charge in [-0.05, 0) is 12.1 Å². The molecule has 0 amide bonds. The number of ether oxygens (including phenoxy) is 1. The lowest BCUT2D eigenvalue weighted by Gasteiger charge is -2.05. The summed E-state index contributed by atoms with van der Waals surface area (Å²) in [6.07, 6.45) is 0. The van der Waals surface area contributed by atoms with E-state index in [4.69, 9.17) is 16.3 Å². The van der Waals surface area contributed by atoms with Gasteiger partial charge in [-0.3, -0.25) is 0 Å². The Kier molecular flexibility index (Phi) is 4.44. The number of hydrogen-bond donors (Lipinski definition) is 1. The van der Waals surface area contributed by atoms with Crippen molar-refractivity contribution < 1.29 is 4.74 Å². The fourth-order valence-electron chi connectivity index (χ4n) is 1.47. The number of nitrogens with zero attached hydrogens (tertiary/aromatic N) is 3. The SMILES string of the molecule is COc1nc(N(C)C)sc1CNc1cccc(Cl)n1. The molecule has 7 heteroatoms. The first-order chi connectivity index (χ1) is 9.10. The second kappa shape index (κ2) is 6.08. The lowest BCUT2D eigenvalue weighted by molar-refractivity contribution is 0.397. The summed E-state index contributed by atoms with van der Waals surface area (Å²) in [4.78, 5) is 11.5. The first-order valence-corrected chi connectivity index (χ1v) is 6.87. The second-order valence-electron chi connectivity index (χ2n) is 4.02.